The number of benzene rings is 4. The highest BCUT2D eigenvalue weighted by Crippen LogP contribution is 2.56. The van der Waals surface area contributed by atoms with Gasteiger partial charge in [-0.25, -0.2) is 0 Å². The summed E-state index contributed by atoms with van der Waals surface area (Å²) in [6.07, 6.45) is 32.1. The standard InChI is InChI=1S/C110H171ClO16S/c1-28-31-34-37-40-45-50-55-60-75-79-67-81(89(122-97(114)105(10,11)12)71-87(79)120-95(112)103(4,5)6)76(61-56-51-46-41-38-35-32-29-2)83-69-85(93(126-101(118)109(22,23)24)73-91(83)124-99(116)107(16,17)18)78(63-58-53-48-43-44-49-54-59-65-128-66-64-111)86-70-84(92(125-100(117)108(19,20)21)74-94(86)127-102(119)110(25,26)27)77(62-57-52-47-42-39-36-33-30-3)82-68-80(75)88(121-96(113)104(7,8)9)72-90(82)123-98(115)106(13,14)15/h67-78H,28-66H2,1-27H3. The van der Waals surface area contributed by atoms with Crippen molar-refractivity contribution in [2.75, 3.05) is 17.4 Å². The van der Waals surface area contributed by atoms with Gasteiger partial charge in [0, 0.05) is 104 Å². The number of carbonyl (C=O) groups is 8. The van der Waals surface area contributed by atoms with Gasteiger partial charge in [0.25, 0.3) is 0 Å². The van der Waals surface area contributed by atoms with Gasteiger partial charge in [-0.15, -0.1) is 11.6 Å². The number of esters is 8. The van der Waals surface area contributed by atoms with Crippen LogP contribution in [-0.4, -0.2) is 65.1 Å². The molecule has 0 aromatic heterocycles. The van der Waals surface area contributed by atoms with Crippen LogP contribution in [0.25, 0.3) is 0 Å². The zero-order chi connectivity index (χ0) is 95.8. The third-order valence-electron chi connectivity index (χ3n) is 23.9. The monoisotopic (exact) mass is 1820 g/mol. The number of hydrogen-bond donors (Lipinski definition) is 0. The first-order valence-corrected chi connectivity index (χ1v) is 51.1. The summed E-state index contributed by atoms with van der Waals surface area (Å²) in [5.74, 6) is -4.94. The van der Waals surface area contributed by atoms with Gasteiger partial charge in [0.05, 0.1) is 43.3 Å². The van der Waals surface area contributed by atoms with E-state index in [0.717, 1.165) is 191 Å². The van der Waals surface area contributed by atoms with Crippen molar-refractivity contribution in [3.05, 3.63) is 93.0 Å². The Labute approximate surface area is 784 Å². The molecule has 18 heteroatoms. The maximum Gasteiger partial charge on any atom is 0.316 e. The van der Waals surface area contributed by atoms with Gasteiger partial charge in [-0.05, 0) is 228 Å². The molecule has 2 atom stereocenters. The lowest BCUT2D eigenvalue weighted by Gasteiger charge is -2.33. The SMILES string of the molecule is CCCCCCCCCCC1c2cc(c(OC(=O)C(C)(C)C)cc2OC(=O)C(C)(C)C)C(CCCCCCCCCC)c2cc(c(OC(=O)C(C)(C)C)cc2OC(=O)C(C)(C)C)C(CCCCCCCCCCSCCCl)c2cc(c(OC(=O)C(C)(C)C)cc2OC(=O)C(C)(C)C)C(CCCCCCCCCC)c2cc1c(OC(=O)C(C)(C)C)cc2OC(=O)C(C)(C)C. The van der Waals surface area contributed by atoms with E-state index in [9.17, 15) is 0 Å². The second-order valence-corrected chi connectivity index (χ2v) is 46.3. The van der Waals surface area contributed by atoms with Crippen LogP contribution < -0.4 is 37.9 Å². The largest absolute Gasteiger partial charge is 0.426 e. The van der Waals surface area contributed by atoms with E-state index < -0.39 is 115 Å². The van der Waals surface area contributed by atoms with Gasteiger partial charge in [0.15, 0.2) is 0 Å². The minimum atomic E-state index is -1.11. The normalized spacial score (nSPS) is 15.3. The first-order valence-electron chi connectivity index (χ1n) is 49.4. The van der Waals surface area contributed by atoms with E-state index in [4.69, 9.17) is 49.5 Å². The molecule has 0 aliphatic heterocycles. The molecular formula is C110H171ClO16S. The number of hydrogen-bond acceptors (Lipinski definition) is 17. The van der Waals surface area contributed by atoms with Crippen LogP contribution in [0.1, 0.15) is 486 Å². The number of carbonyl (C=O) groups excluding carboxylic acids is 8. The number of unbranched alkanes of at least 4 members (excludes halogenated alkanes) is 28. The molecule has 0 spiro atoms. The van der Waals surface area contributed by atoms with Gasteiger partial charge in [-0.2, -0.15) is 11.8 Å². The molecule has 0 amide bonds. The van der Waals surface area contributed by atoms with Gasteiger partial charge < -0.3 is 37.9 Å². The van der Waals surface area contributed by atoms with Crippen molar-refractivity contribution in [2.24, 2.45) is 43.3 Å². The second kappa shape index (κ2) is 52.1. The van der Waals surface area contributed by atoms with Crippen molar-refractivity contribution < 1.29 is 76.3 Å². The van der Waals surface area contributed by atoms with E-state index in [1.807, 2.05) is 36.0 Å². The summed E-state index contributed by atoms with van der Waals surface area (Å²) in [6, 6.07) is 14.7. The predicted molar refractivity (Wildman–Crippen MR) is 525 cm³/mol. The number of halogens is 1. The fourth-order valence-corrected chi connectivity index (χ4v) is 16.5. The summed E-state index contributed by atoms with van der Waals surface area (Å²) in [7, 11) is 0. The Balaban J connectivity index is 2.42. The van der Waals surface area contributed by atoms with E-state index in [1.165, 1.54) is 0 Å². The smallest absolute Gasteiger partial charge is 0.316 e. The second-order valence-electron chi connectivity index (χ2n) is 44.7. The van der Waals surface area contributed by atoms with Crippen LogP contribution in [-0.2, 0) is 38.4 Å². The Kier molecular flexibility index (Phi) is 45.5. The Hall–Kier alpha value is -6.72. The van der Waals surface area contributed by atoms with Gasteiger partial charge in [0.2, 0.25) is 0 Å². The number of fused-ring (bicyclic) bond motifs is 8. The minimum absolute atomic E-state index is 0.0799. The van der Waals surface area contributed by atoms with Crippen LogP contribution in [0.15, 0.2) is 48.5 Å². The summed E-state index contributed by atoms with van der Waals surface area (Å²) in [5.41, 5.74) is -4.97. The fourth-order valence-electron chi connectivity index (χ4n) is 15.4. The van der Waals surface area contributed by atoms with Crippen molar-refractivity contribution in [1.29, 1.82) is 0 Å². The highest BCUT2D eigenvalue weighted by Gasteiger charge is 2.42. The van der Waals surface area contributed by atoms with Crippen molar-refractivity contribution in [3.8, 4) is 46.0 Å². The molecule has 0 heterocycles. The summed E-state index contributed by atoms with van der Waals surface area (Å²) in [4.78, 5) is 123. The molecule has 2 unspecified atom stereocenters. The summed E-state index contributed by atoms with van der Waals surface area (Å²) < 4.78 is 56.0. The van der Waals surface area contributed by atoms with E-state index in [1.54, 1.807) is 190 Å². The molecule has 0 N–H and O–H groups in total. The third-order valence-corrected chi connectivity index (χ3v) is 25.4. The van der Waals surface area contributed by atoms with Crippen molar-refractivity contribution in [2.45, 2.75) is 442 Å². The molecule has 16 nitrogen and oxygen atoms in total. The zero-order valence-corrected chi connectivity index (χ0v) is 86.4. The quantitative estimate of drug-likeness (QED) is 0.0174. The summed E-state index contributed by atoms with van der Waals surface area (Å²) >= 11 is 7.93. The highest BCUT2D eigenvalue weighted by atomic mass is 35.5. The highest BCUT2D eigenvalue weighted by molar-refractivity contribution is 7.99. The summed E-state index contributed by atoms with van der Waals surface area (Å²) in [5, 5.41) is 0. The first kappa shape index (κ1) is 112. The lowest BCUT2D eigenvalue weighted by Crippen LogP contribution is -2.29. The van der Waals surface area contributed by atoms with Crippen LogP contribution in [0.4, 0.5) is 0 Å². The Bertz CT molecular complexity index is 3510. The number of ether oxygens (including phenoxy) is 8. The van der Waals surface area contributed by atoms with Crippen LogP contribution in [0, 0.1) is 43.3 Å². The molecule has 128 heavy (non-hydrogen) atoms. The van der Waals surface area contributed by atoms with Gasteiger partial charge >= 0.3 is 47.8 Å². The molecule has 0 fully saturated rings. The predicted octanol–water partition coefficient (Wildman–Crippen LogP) is 31.2. The number of rotatable bonds is 48. The van der Waals surface area contributed by atoms with Crippen molar-refractivity contribution in [1.82, 2.24) is 0 Å². The molecule has 1 aliphatic rings. The maximum atomic E-state index is 15.4. The van der Waals surface area contributed by atoms with E-state index in [0.29, 0.717) is 102 Å². The maximum absolute atomic E-state index is 15.4. The Morgan fingerprint density at radius 1 is 0.219 bits per heavy atom. The molecule has 0 saturated heterocycles. The summed E-state index contributed by atoms with van der Waals surface area (Å²) in [6.45, 7) is 49.5. The molecule has 0 radical (unpaired) electrons. The Morgan fingerprint density at radius 2 is 0.359 bits per heavy atom. The average molecular weight is 1820 g/mol. The van der Waals surface area contributed by atoms with Gasteiger partial charge in [0.1, 0.15) is 46.0 Å². The van der Waals surface area contributed by atoms with E-state index in [2.05, 4.69) is 20.8 Å². The topological polar surface area (TPSA) is 210 Å². The number of thioether (sulfide) groups is 1. The van der Waals surface area contributed by atoms with E-state index >= 15 is 38.4 Å². The molecule has 0 saturated carbocycles. The minimum Gasteiger partial charge on any atom is -0.426 e. The van der Waals surface area contributed by atoms with E-state index in [-0.39, 0.29) is 46.0 Å². The molecule has 4 aromatic carbocycles. The fraction of sp³-hybridized carbons (Fsp3) is 0.709. The molecule has 8 bridgehead atoms. The van der Waals surface area contributed by atoms with Crippen LogP contribution in [0.5, 0.6) is 46.0 Å². The molecule has 1 aliphatic carbocycles. The van der Waals surface area contributed by atoms with Gasteiger partial charge in [-0.3, -0.25) is 38.4 Å². The molecule has 5 rings (SSSR count). The lowest BCUT2D eigenvalue weighted by atomic mass is 9.76. The average Bonchev–Trinajstić information content (AvgIpc) is 0.739. The van der Waals surface area contributed by atoms with Crippen molar-refractivity contribution >= 4 is 71.1 Å². The van der Waals surface area contributed by atoms with Crippen LogP contribution in [0.2, 0.25) is 0 Å². The number of alkyl halides is 1. The lowest BCUT2D eigenvalue weighted by molar-refractivity contribution is -0.144. The molecule has 4 aromatic rings. The third kappa shape index (κ3) is 36.7. The van der Waals surface area contributed by atoms with Crippen molar-refractivity contribution in [3.63, 3.8) is 0 Å². The van der Waals surface area contributed by atoms with Crippen LogP contribution >= 0.6 is 23.4 Å². The molecular weight excluding hydrogens is 1640 g/mol. The Morgan fingerprint density at radius 3 is 0.500 bits per heavy atom. The molecule has 720 valence electrons. The van der Waals surface area contributed by atoms with Gasteiger partial charge in [-0.1, -0.05) is 220 Å². The first-order chi connectivity index (χ1) is 59.8. The zero-order valence-electron chi connectivity index (χ0n) is 84.8. The van der Waals surface area contributed by atoms with Crippen LogP contribution in [0.3, 0.4) is 0 Å².